The molecule has 2 rings (SSSR count). The molecule has 0 unspecified atom stereocenters. The third-order valence-corrected chi connectivity index (χ3v) is 3.49. The maximum absolute atomic E-state index is 12.0. The standard InChI is InChI=1S/C18H15BrN2O3/c1-23-17-11-13(5-7-16(17)24-10-9-20)6-8-18(22)21-15-4-2-3-14(19)12-15/h2-8,11-12H,10H2,1H3,(H,21,22)/b8-6+. The van der Waals surface area contributed by atoms with Crippen molar-refractivity contribution in [1.82, 2.24) is 0 Å². The van der Waals surface area contributed by atoms with Crippen LogP contribution < -0.4 is 14.8 Å². The molecule has 0 saturated heterocycles. The number of nitrogens with zero attached hydrogens (tertiary/aromatic N) is 1. The molecule has 24 heavy (non-hydrogen) atoms. The van der Waals surface area contributed by atoms with E-state index >= 15 is 0 Å². The van der Waals surface area contributed by atoms with E-state index in [2.05, 4.69) is 21.2 Å². The van der Waals surface area contributed by atoms with Gasteiger partial charge in [0.2, 0.25) is 5.91 Å². The number of methoxy groups -OCH3 is 1. The van der Waals surface area contributed by atoms with Gasteiger partial charge in [0.15, 0.2) is 18.1 Å². The number of carbonyl (C=O) groups excluding carboxylic acids is 1. The minimum Gasteiger partial charge on any atom is -0.493 e. The van der Waals surface area contributed by atoms with Crippen molar-refractivity contribution in [3.05, 3.63) is 58.6 Å². The van der Waals surface area contributed by atoms with E-state index in [4.69, 9.17) is 14.7 Å². The van der Waals surface area contributed by atoms with Crippen LogP contribution in [-0.2, 0) is 4.79 Å². The average Bonchev–Trinajstić information content (AvgIpc) is 2.58. The molecule has 0 fully saturated rings. The lowest BCUT2D eigenvalue weighted by atomic mass is 10.2. The van der Waals surface area contributed by atoms with Crippen molar-refractivity contribution < 1.29 is 14.3 Å². The third-order valence-electron chi connectivity index (χ3n) is 3.00. The molecule has 2 aromatic carbocycles. The summed E-state index contributed by atoms with van der Waals surface area (Å²) in [4.78, 5) is 12.0. The minimum atomic E-state index is -0.239. The number of nitriles is 1. The average molecular weight is 387 g/mol. The predicted octanol–water partition coefficient (Wildman–Crippen LogP) is 4.01. The van der Waals surface area contributed by atoms with Crippen molar-refractivity contribution in [1.29, 1.82) is 5.26 Å². The van der Waals surface area contributed by atoms with E-state index in [0.29, 0.717) is 17.2 Å². The number of ether oxygens (including phenoxy) is 2. The van der Waals surface area contributed by atoms with Crippen molar-refractivity contribution in [2.45, 2.75) is 0 Å². The number of halogens is 1. The van der Waals surface area contributed by atoms with Crippen LogP contribution in [0.3, 0.4) is 0 Å². The van der Waals surface area contributed by atoms with Crippen LogP contribution in [0.2, 0.25) is 0 Å². The second-order valence-corrected chi connectivity index (χ2v) is 5.61. The summed E-state index contributed by atoms with van der Waals surface area (Å²) in [6, 6.07) is 14.5. The van der Waals surface area contributed by atoms with E-state index in [0.717, 1.165) is 10.0 Å². The molecule has 0 spiro atoms. The second kappa shape index (κ2) is 8.75. The van der Waals surface area contributed by atoms with Gasteiger partial charge in [-0.15, -0.1) is 0 Å². The zero-order valence-electron chi connectivity index (χ0n) is 13.0. The number of benzene rings is 2. The molecule has 5 nitrogen and oxygen atoms in total. The van der Waals surface area contributed by atoms with Crippen LogP contribution in [0.25, 0.3) is 6.08 Å². The molecule has 0 saturated carbocycles. The van der Waals surface area contributed by atoms with Gasteiger partial charge in [-0.2, -0.15) is 5.26 Å². The molecule has 0 heterocycles. The van der Waals surface area contributed by atoms with Gasteiger partial charge in [0.05, 0.1) is 7.11 Å². The molecule has 0 aromatic heterocycles. The van der Waals surface area contributed by atoms with Gasteiger partial charge in [0, 0.05) is 16.2 Å². The van der Waals surface area contributed by atoms with E-state index in [9.17, 15) is 4.79 Å². The summed E-state index contributed by atoms with van der Waals surface area (Å²) >= 11 is 3.35. The van der Waals surface area contributed by atoms with Gasteiger partial charge in [-0.1, -0.05) is 28.1 Å². The first-order chi connectivity index (χ1) is 11.6. The normalized spacial score (nSPS) is 10.2. The highest BCUT2D eigenvalue weighted by Gasteiger charge is 2.05. The van der Waals surface area contributed by atoms with E-state index in [1.165, 1.54) is 13.2 Å². The van der Waals surface area contributed by atoms with Crippen molar-refractivity contribution in [3.8, 4) is 17.6 Å². The molecule has 0 aliphatic heterocycles. The quantitative estimate of drug-likeness (QED) is 0.761. The highest BCUT2D eigenvalue weighted by Crippen LogP contribution is 2.28. The van der Waals surface area contributed by atoms with E-state index < -0.39 is 0 Å². The topological polar surface area (TPSA) is 71.3 Å². The molecule has 0 radical (unpaired) electrons. The highest BCUT2D eigenvalue weighted by molar-refractivity contribution is 9.10. The maximum atomic E-state index is 12.0. The summed E-state index contributed by atoms with van der Waals surface area (Å²) in [7, 11) is 1.52. The van der Waals surface area contributed by atoms with Gasteiger partial charge in [0.1, 0.15) is 6.07 Å². The van der Waals surface area contributed by atoms with Gasteiger partial charge in [0.25, 0.3) is 0 Å². The molecular weight excluding hydrogens is 372 g/mol. The summed E-state index contributed by atoms with van der Waals surface area (Å²) in [5, 5.41) is 11.3. The highest BCUT2D eigenvalue weighted by atomic mass is 79.9. The Labute approximate surface area is 148 Å². The lowest BCUT2D eigenvalue weighted by Gasteiger charge is -2.08. The molecule has 1 N–H and O–H groups in total. The monoisotopic (exact) mass is 386 g/mol. The SMILES string of the molecule is COc1cc(/C=C/C(=O)Nc2cccc(Br)c2)ccc1OCC#N. The Balaban J connectivity index is 2.05. The van der Waals surface area contributed by atoms with Gasteiger partial charge in [-0.25, -0.2) is 0 Å². The first-order valence-electron chi connectivity index (χ1n) is 7.05. The molecule has 0 aliphatic carbocycles. The van der Waals surface area contributed by atoms with Gasteiger partial charge in [-0.3, -0.25) is 4.79 Å². The molecular formula is C18H15BrN2O3. The second-order valence-electron chi connectivity index (χ2n) is 4.69. The first-order valence-corrected chi connectivity index (χ1v) is 7.84. The predicted molar refractivity (Wildman–Crippen MR) is 95.9 cm³/mol. The van der Waals surface area contributed by atoms with E-state index in [1.807, 2.05) is 24.3 Å². The van der Waals surface area contributed by atoms with Crippen molar-refractivity contribution in [2.24, 2.45) is 0 Å². The van der Waals surface area contributed by atoms with Crippen molar-refractivity contribution >= 4 is 33.6 Å². The van der Waals surface area contributed by atoms with Crippen LogP contribution in [-0.4, -0.2) is 19.6 Å². The lowest BCUT2D eigenvalue weighted by Crippen LogP contribution is -2.07. The summed E-state index contributed by atoms with van der Waals surface area (Å²) in [5.74, 6) is 0.742. The Morgan fingerprint density at radius 3 is 2.83 bits per heavy atom. The van der Waals surface area contributed by atoms with E-state index in [-0.39, 0.29) is 12.5 Å². The van der Waals surface area contributed by atoms with Gasteiger partial charge >= 0.3 is 0 Å². The number of rotatable bonds is 6. The largest absolute Gasteiger partial charge is 0.493 e. The third kappa shape index (κ3) is 5.14. The minimum absolute atomic E-state index is 0.0550. The van der Waals surface area contributed by atoms with E-state index in [1.54, 1.807) is 30.3 Å². The van der Waals surface area contributed by atoms with Crippen LogP contribution in [0.1, 0.15) is 5.56 Å². The fraction of sp³-hybridized carbons (Fsp3) is 0.111. The molecule has 2 aromatic rings. The number of amides is 1. The summed E-state index contributed by atoms with van der Waals surface area (Å²) in [5.41, 5.74) is 1.48. The Morgan fingerprint density at radius 2 is 2.12 bits per heavy atom. The number of anilines is 1. The number of carbonyl (C=O) groups is 1. The Kier molecular flexibility index (Phi) is 6.41. The summed E-state index contributed by atoms with van der Waals surface area (Å²) < 4.78 is 11.4. The number of nitrogens with one attached hydrogen (secondary N) is 1. The van der Waals surface area contributed by atoms with Crippen LogP contribution in [0.5, 0.6) is 11.5 Å². The number of hydrogen-bond donors (Lipinski definition) is 1. The fourth-order valence-corrected chi connectivity index (χ4v) is 2.34. The molecule has 0 aliphatic rings. The lowest BCUT2D eigenvalue weighted by molar-refractivity contribution is -0.111. The molecule has 0 bridgehead atoms. The van der Waals surface area contributed by atoms with Crippen LogP contribution >= 0.6 is 15.9 Å². The smallest absolute Gasteiger partial charge is 0.248 e. The molecule has 122 valence electrons. The van der Waals surface area contributed by atoms with Gasteiger partial charge in [-0.05, 0) is 42.0 Å². The maximum Gasteiger partial charge on any atom is 0.248 e. The van der Waals surface area contributed by atoms with Crippen LogP contribution in [0.4, 0.5) is 5.69 Å². The Bertz CT molecular complexity index is 797. The van der Waals surface area contributed by atoms with Crippen LogP contribution in [0.15, 0.2) is 53.0 Å². The zero-order valence-corrected chi connectivity index (χ0v) is 14.5. The van der Waals surface area contributed by atoms with Crippen LogP contribution in [0, 0.1) is 11.3 Å². The molecule has 0 atom stereocenters. The summed E-state index contributed by atoms with van der Waals surface area (Å²) in [6.07, 6.45) is 3.11. The molecule has 1 amide bonds. The fourth-order valence-electron chi connectivity index (χ4n) is 1.94. The van der Waals surface area contributed by atoms with Crippen molar-refractivity contribution in [2.75, 3.05) is 19.0 Å². The Morgan fingerprint density at radius 1 is 1.29 bits per heavy atom. The first kappa shape index (κ1) is 17.6. The van der Waals surface area contributed by atoms with Gasteiger partial charge < -0.3 is 14.8 Å². The van der Waals surface area contributed by atoms with Crippen molar-refractivity contribution in [3.63, 3.8) is 0 Å². The molecule has 6 heteroatoms. The number of hydrogen-bond acceptors (Lipinski definition) is 4. The Hall–Kier alpha value is -2.78. The summed E-state index contributed by atoms with van der Waals surface area (Å²) in [6.45, 7) is -0.0550. The zero-order chi connectivity index (χ0) is 17.4.